The molecule has 0 aromatic heterocycles. The molecule has 100 valence electrons. The Balaban J connectivity index is 2.14. The Morgan fingerprint density at radius 2 is 2.11 bits per heavy atom. The summed E-state index contributed by atoms with van der Waals surface area (Å²) in [5.41, 5.74) is 0.429. The number of rotatable bonds is 6. The Morgan fingerprint density at radius 1 is 1.39 bits per heavy atom. The minimum absolute atomic E-state index is 0.00992. The second kappa shape index (κ2) is 5.34. The second-order valence-corrected chi connectivity index (χ2v) is 6.37. The monoisotopic (exact) mass is 273 g/mol. The lowest BCUT2D eigenvalue weighted by Crippen LogP contribution is -2.36. The molecule has 1 N–H and O–H groups in total. The number of nitrogens with zero attached hydrogens (tertiary/aromatic N) is 1. The lowest BCUT2D eigenvalue weighted by atomic mass is 10.2. The largest absolute Gasteiger partial charge is 0.395 e. The average molecular weight is 273 g/mol. The van der Waals surface area contributed by atoms with Crippen LogP contribution in [0.1, 0.15) is 18.4 Å². The molecule has 0 radical (unpaired) electrons. The van der Waals surface area contributed by atoms with Gasteiger partial charge in [-0.05, 0) is 30.5 Å². The third kappa shape index (κ3) is 3.28. The zero-order valence-electron chi connectivity index (χ0n) is 9.92. The summed E-state index contributed by atoms with van der Waals surface area (Å²) in [4.78, 5) is 0. The molecule has 0 atom stereocenters. The fourth-order valence-corrected chi connectivity index (χ4v) is 3.72. The van der Waals surface area contributed by atoms with Crippen LogP contribution < -0.4 is 0 Å². The van der Waals surface area contributed by atoms with Crippen molar-refractivity contribution in [3.8, 4) is 0 Å². The van der Waals surface area contributed by atoms with E-state index in [1.54, 1.807) is 6.07 Å². The van der Waals surface area contributed by atoms with Gasteiger partial charge >= 0.3 is 0 Å². The van der Waals surface area contributed by atoms with Crippen LogP contribution in [0.25, 0.3) is 0 Å². The van der Waals surface area contributed by atoms with Gasteiger partial charge < -0.3 is 5.11 Å². The van der Waals surface area contributed by atoms with E-state index >= 15 is 0 Å². The van der Waals surface area contributed by atoms with E-state index in [9.17, 15) is 12.8 Å². The van der Waals surface area contributed by atoms with Crippen LogP contribution in [0.5, 0.6) is 0 Å². The highest BCUT2D eigenvalue weighted by Gasteiger charge is 2.36. The lowest BCUT2D eigenvalue weighted by Gasteiger charge is -2.20. The predicted molar refractivity (Wildman–Crippen MR) is 65.8 cm³/mol. The highest BCUT2D eigenvalue weighted by Crippen LogP contribution is 2.30. The molecule has 1 aliphatic carbocycles. The molecule has 0 spiro atoms. The van der Waals surface area contributed by atoms with E-state index in [0.29, 0.717) is 5.56 Å². The number of hydrogen-bond acceptors (Lipinski definition) is 3. The Hall–Kier alpha value is -0.980. The van der Waals surface area contributed by atoms with Gasteiger partial charge in [0.25, 0.3) is 0 Å². The van der Waals surface area contributed by atoms with E-state index in [1.807, 2.05) is 0 Å². The third-order valence-corrected chi connectivity index (χ3v) is 4.76. The van der Waals surface area contributed by atoms with E-state index in [-0.39, 0.29) is 24.9 Å². The predicted octanol–water partition coefficient (Wildman–Crippen LogP) is 1.11. The fraction of sp³-hybridized carbons (Fsp3) is 0.500. The molecule has 1 saturated carbocycles. The Morgan fingerprint density at radius 3 is 2.67 bits per heavy atom. The summed E-state index contributed by atoms with van der Waals surface area (Å²) in [5, 5.41) is 8.92. The summed E-state index contributed by atoms with van der Waals surface area (Å²) in [7, 11) is -3.48. The van der Waals surface area contributed by atoms with Gasteiger partial charge in [0, 0.05) is 12.6 Å². The highest BCUT2D eigenvalue weighted by molar-refractivity contribution is 7.88. The topological polar surface area (TPSA) is 57.6 Å². The Kier molecular flexibility index (Phi) is 3.99. The minimum atomic E-state index is -3.48. The van der Waals surface area contributed by atoms with E-state index < -0.39 is 15.8 Å². The molecule has 4 nitrogen and oxygen atoms in total. The van der Waals surface area contributed by atoms with E-state index in [2.05, 4.69) is 0 Å². The van der Waals surface area contributed by atoms with Crippen molar-refractivity contribution < 1.29 is 17.9 Å². The van der Waals surface area contributed by atoms with Gasteiger partial charge in [0.05, 0.1) is 12.4 Å². The molecule has 0 aliphatic heterocycles. The Bertz CT molecular complexity index is 514. The summed E-state index contributed by atoms with van der Waals surface area (Å²) in [6, 6.07) is 5.60. The van der Waals surface area contributed by atoms with Crippen molar-refractivity contribution in [3.63, 3.8) is 0 Å². The van der Waals surface area contributed by atoms with E-state index in [1.165, 1.54) is 22.5 Å². The van der Waals surface area contributed by atoms with Crippen LogP contribution in [-0.4, -0.2) is 37.0 Å². The maximum atomic E-state index is 13.0. The van der Waals surface area contributed by atoms with Crippen LogP contribution in [-0.2, 0) is 15.8 Å². The van der Waals surface area contributed by atoms with Gasteiger partial charge in [-0.1, -0.05) is 12.1 Å². The molecule has 0 amide bonds. The smallest absolute Gasteiger partial charge is 0.218 e. The number of sulfonamides is 1. The first-order valence-electron chi connectivity index (χ1n) is 5.88. The van der Waals surface area contributed by atoms with Crippen LogP contribution in [0.15, 0.2) is 24.3 Å². The molecule has 18 heavy (non-hydrogen) atoms. The van der Waals surface area contributed by atoms with Crippen molar-refractivity contribution in [2.24, 2.45) is 0 Å². The Labute approximate surface area is 106 Å². The maximum Gasteiger partial charge on any atom is 0.218 e. The molecule has 2 rings (SSSR count). The summed E-state index contributed by atoms with van der Waals surface area (Å²) >= 11 is 0. The van der Waals surface area contributed by atoms with Crippen molar-refractivity contribution >= 4 is 10.0 Å². The first-order chi connectivity index (χ1) is 8.53. The molecule has 0 unspecified atom stereocenters. The van der Waals surface area contributed by atoms with Gasteiger partial charge in [0.15, 0.2) is 0 Å². The quantitative estimate of drug-likeness (QED) is 0.844. The lowest BCUT2D eigenvalue weighted by molar-refractivity contribution is 0.250. The number of aliphatic hydroxyl groups excluding tert-OH is 1. The molecule has 0 bridgehead atoms. The molecule has 0 saturated heterocycles. The zero-order valence-corrected chi connectivity index (χ0v) is 10.7. The molecule has 1 aliphatic rings. The van der Waals surface area contributed by atoms with Crippen LogP contribution in [0, 0.1) is 5.82 Å². The number of hydrogen-bond donors (Lipinski definition) is 1. The molecular weight excluding hydrogens is 257 g/mol. The second-order valence-electron chi connectivity index (χ2n) is 4.45. The van der Waals surface area contributed by atoms with Crippen LogP contribution in [0.3, 0.4) is 0 Å². The van der Waals surface area contributed by atoms with Crippen LogP contribution in [0.4, 0.5) is 4.39 Å². The number of aliphatic hydroxyl groups is 1. The summed E-state index contributed by atoms with van der Waals surface area (Å²) in [6.45, 7) is -0.0821. The molecule has 1 aromatic rings. The van der Waals surface area contributed by atoms with Gasteiger partial charge in [0.2, 0.25) is 10.0 Å². The fourth-order valence-electron chi connectivity index (χ4n) is 1.93. The van der Waals surface area contributed by atoms with Crippen LogP contribution in [0.2, 0.25) is 0 Å². The normalized spacial score (nSPS) is 16.2. The number of halogens is 1. The van der Waals surface area contributed by atoms with Gasteiger partial charge in [-0.2, -0.15) is 4.31 Å². The zero-order chi connectivity index (χ0) is 13.2. The van der Waals surface area contributed by atoms with Crippen molar-refractivity contribution in [2.75, 3.05) is 13.2 Å². The summed E-state index contributed by atoms with van der Waals surface area (Å²) in [6.07, 6.45) is 1.67. The number of benzene rings is 1. The van der Waals surface area contributed by atoms with E-state index in [4.69, 9.17) is 5.11 Å². The molecule has 6 heteroatoms. The average Bonchev–Trinajstić information content (AvgIpc) is 3.08. The van der Waals surface area contributed by atoms with E-state index in [0.717, 1.165) is 12.8 Å². The van der Waals surface area contributed by atoms with Crippen molar-refractivity contribution in [1.29, 1.82) is 0 Å². The first-order valence-corrected chi connectivity index (χ1v) is 7.48. The van der Waals surface area contributed by atoms with Gasteiger partial charge in [-0.25, -0.2) is 12.8 Å². The van der Waals surface area contributed by atoms with Gasteiger partial charge in [0.1, 0.15) is 5.82 Å². The maximum absolute atomic E-state index is 13.0. The molecule has 1 aromatic carbocycles. The van der Waals surface area contributed by atoms with Crippen molar-refractivity contribution in [3.05, 3.63) is 35.6 Å². The summed E-state index contributed by atoms with van der Waals surface area (Å²) in [5.74, 6) is -0.663. The third-order valence-electron chi connectivity index (χ3n) is 2.87. The first kappa shape index (κ1) is 13.5. The molecule has 0 heterocycles. The summed E-state index contributed by atoms with van der Waals surface area (Å²) < 4.78 is 38.7. The highest BCUT2D eigenvalue weighted by atomic mass is 32.2. The van der Waals surface area contributed by atoms with Crippen molar-refractivity contribution in [1.82, 2.24) is 4.31 Å². The SMILES string of the molecule is O=S(=O)(Cc1cccc(F)c1)N(CCO)C1CC1. The van der Waals surface area contributed by atoms with Crippen molar-refractivity contribution in [2.45, 2.75) is 24.6 Å². The molecule has 1 fully saturated rings. The minimum Gasteiger partial charge on any atom is -0.395 e. The molecular formula is C12H16FNO3S. The van der Waals surface area contributed by atoms with Gasteiger partial charge in [-0.3, -0.25) is 0 Å². The van der Waals surface area contributed by atoms with Gasteiger partial charge in [-0.15, -0.1) is 0 Å². The standard InChI is InChI=1S/C12H16FNO3S/c13-11-3-1-2-10(8-11)9-18(16,17)14(6-7-15)12-4-5-12/h1-3,8,12,15H,4-7,9H2. The van der Waals surface area contributed by atoms with Crippen LogP contribution >= 0.6 is 0 Å².